The first-order valence-electron chi connectivity index (χ1n) is 8.58. The molecule has 0 bridgehead atoms. The van der Waals surface area contributed by atoms with Gasteiger partial charge in [0.2, 0.25) is 0 Å². The second-order valence-corrected chi connectivity index (χ2v) is 8.76. The summed E-state index contributed by atoms with van der Waals surface area (Å²) in [6, 6.07) is 3.74. The third kappa shape index (κ3) is 6.78. The van der Waals surface area contributed by atoms with Crippen molar-refractivity contribution in [3.63, 3.8) is 0 Å². The quantitative estimate of drug-likeness (QED) is 0.106. The van der Waals surface area contributed by atoms with Crippen molar-refractivity contribution >= 4 is 20.2 Å². The van der Waals surface area contributed by atoms with Gasteiger partial charge in [-0.25, -0.2) is 0 Å². The zero-order valence-electron chi connectivity index (χ0n) is 17.1. The summed E-state index contributed by atoms with van der Waals surface area (Å²) >= 11 is 0. The van der Waals surface area contributed by atoms with Crippen LogP contribution < -0.4 is 10.1 Å². The molecule has 0 saturated heterocycles. The normalized spacial score (nSPS) is 11.0. The van der Waals surface area contributed by atoms with Gasteiger partial charge in [-0.05, 0) is 18.9 Å². The second-order valence-electron chi connectivity index (χ2n) is 5.67. The molecular formula is C17H29N2O7RfSi-. The van der Waals surface area contributed by atoms with E-state index >= 15 is 0 Å². The molecule has 0 amide bonds. The number of nitro benzene ring substituents is 1. The van der Waals surface area contributed by atoms with E-state index in [4.69, 9.17) is 22.8 Å². The Balaban J connectivity index is 0.00000729. The molecule has 0 aliphatic heterocycles. The topological polar surface area (TPSA) is 101 Å². The van der Waals surface area contributed by atoms with Crippen LogP contribution in [-0.2, 0) is 24.6 Å². The summed E-state index contributed by atoms with van der Waals surface area (Å²) in [5.41, 5.74) is 0.972. The zero-order valence-corrected chi connectivity index (χ0v) is 24.5. The zero-order chi connectivity index (χ0) is 20.3. The van der Waals surface area contributed by atoms with E-state index in [2.05, 4.69) is 12.2 Å². The third-order valence-electron chi connectivity index (χ3n) is 4.13. The van der Waals surface area contributed by atoms with Crippen molar-refractivity contribution in [1.82, 2.24) is 0 Å². The average Bonchev–Trinajstić information content (AvgIpc) is 2.68. The Bertz CT molecular complexity index is 595. The van der Waals surface area contributed by atoms with E-state index in [9.17, 15) is 10.1 Å². The number of unbranched alkanes of at least 4 members (excludes halogenated alkanes) is 1. The van der Waals surface area contributed by atoms with E-state index < -0.39 is 13.7 Å². The predicted molar refractivity (Wildman–Crippen MR) is 104 cm³/mol. The van der Waals surface area contributed by atoms with E-state index in [0.29, 0.717) is 36.2 Å². The van der Waals surface area contributed by atoms with E-state index in [1.165, 1.54) is 13.2 Å². The minimum absolute atomic E-state index is 0. The Morgan fingerprint density at radius 2 is 1.79 bits per heavy atom. The van der Waals surface area contributed by atoms with Crippen molar-refractivity contribution in [3.05, 3.63) is 34.7 Å². The van der Waals surface area contributed by atoms with Crippen LogP contribution in [0.25, 0.3) is 0 Å². The summed E-state index contributed by atoms with van der Waals surface area (Å²) < 4.78 is 27.0. The first kappa shape index (κ1) is 25.3. The standard InChI is InChI=1S/C17H29N2O7Si.Rf/c1-6-18-15-12-16(19(20)21)14(11-17(15)22-2)13-26-9-7-8-10-27(23-3,24-4)25-5;/h11-12,18H,1,6-10,13H2,2-5H3;/q-1;. The van der Waals surface area contributed by atoms with Crippen molar-refractivity contribution in [2.45, 2.75) is 25.5 Å². The summed E-state index contributed by atoms with van der Waals surface area (Å²) in [7, 11) is 3.68. The summed E-state index contributed by atoms with van der Waals surface area (Å²) in [5, 5.41) is 14.3. The van der Waals surface area contributed by atoms with Gasteiger partial charge in [-0.15, -0.1) is 6.54 Å². The van der Waals surface area contributed by atoms with Crippen molar-refractivity contribution in [1.29, 1.82) is 0 Å². The van der Waals surface area contributed by atoms with E-state index in [1.807, 2.05) is 0 Å². The van der Waals surface area contributed by atoms with Gasteiger partial charge in [0.1, 0.15) is 5.75 Å². The fourth-order valence-electron chi connectivity index (χ4n) is 2.62. The maximum absolute atomic E-state index is 11.4. The Kier molecular flexibility index (Phi) is 11.4. The van der Waals surface area contributed by atoms with Gasteiger partial charge >= 0.3 is 8.80 Å². The molecule has 0 heterocycles. The van der Waals surface area contributed by atoms with Crippen LogP contribution in [0.5, 0.6) is 5.75 Å². The SMILES string of the molecule is [CH2-]CNc1cc([N+](=O)[O-])c(COCCCC[Si](OC)(OC)OC)cc1OC.[Rf]. The minimum atomic E-state index is -2.57. The molecule has 156 valence electrons. The summed E-state index contributed by atoms with van der Waals surface area (Å²) in [4.78, 5) is 10.9. The third-order valence-corrected chi connectivity index (χ3v) is 6.96. The molecule has 0 spiro atoms. The molecule has 1 rings (SSSR count). The fourth-order valence-corrected chi connectivity index (χ4v) is 4.42. The van der Waals surface area contributed by atoms with Crippen LogP contribution in [0.1, 0.15) is 18.4 Å². The predicted octanol–water partition coefficient (Wildman–Crippen LogP) is 3.02. The number of nitro groups is 1. The number of rotatable bonds is 14. The Hall–Kier alpha value is -2.72. The number of hydrogen-bond acceptors (Lipinski definition) is 8. The van der Waals surface area contributed by atoms with Gasteiger partial charge in [-0.1, -0.05) is 0 Å². The molecule has 0 fully saturated rings. The smallest absolute Gasteiger partial charge is 0.495 e. The van der Waals surface area contributed by atoms with E-state index in [0.717, 1.165) is 12.8 Å². The number of benzene rings is 1. The molecule has 11 heteroatoms. The monoisotopic (exact) mass is 668 g/mol. The van der Waals surface area contributed by atoms with Crippen LogP contribution in [0.15, 0.2) is 12.1 Å². The van der Waals surface area contributed by atoms with Gasteiger partial charge < -0.3 is 35.0 Å². The van der Waals surface area contributed by atoms with Gasteiger partial charge in [0.15, 0.2) is 0 Å². The van der Waals surface area contributed by atoms with Crippen LogP contribution in [0.3, 0.4) is 0 Å². The molecule has 1 aromatic rings. The van der Waals surface area contributed by atoms with Crippen molar-refractivity contribution in [3.8, 4) is 5.75 Å². The Labute approximate surface area is 161 Å². The average molecular weight is 669 g/mol. The molecule has 0 radical (unpaired) electrons. The molecular weight excluding hydrogens is 639 g/mol. The number of hydrogen-bond donors (Lipinski definition) is 1. The number of ether oxygens (including phenoxy) is 2. The minimum Gasteiger partial charge on any atom is -0.495 e. The number of nitrogens with one attached hydrogen (secondary N) is 1. The molecule has 0 aliphatic carbocycles. The van der Waals surface area contributed by atoms with Crippen molar-refractivity contribution in [2.75, 3.05) is 46.9 Å². The summed E-state index contributed by atoms with van der Waals surface area (Å²) in [6.07, 6.45) is 1.57. The molecule has 0 aliphatic rings. The van der Waals surface area contributed by atoms with Gasteiger partial charge in [0, 0.05) is 40.0 Å². The summed E-state index contributed by atoms with van der Waals surface area (Å²) in [5.74, 6) is 0.513. The summed E-state index contributed by atoms with van der Waals surface area (Å²) in [6.45, 7) is 4.65. The molecule has 0 aromatic heterocycles. The second kappa shape index (κ2) is 12.6. The van der Waals surface area contributed by atoms with Crippen LogP contribution in [-0.4, -0.2) is 55.3 Å². The van der Waals surface area contributed by atoms with Crippen LogP contribution in [0.2, 0.25) is 6.04 Å². The Morgan fingerprint density at radius 3 is 2.29 bits per heavy atom. The van der Waals surface area contributed by atoms with Crippen molar-refractivity contribution in [2.24, 2.45) is 0 Å². The Morgan fingerprint density at radius 1 is 1.14 bits per heavy atom. The number of anilines is 1. The maximum Gasteiger partial charge on any atom is 0.500 e. The fraction of sp³-hybridized carbons (Fsp3) is 0.588. The molecule has 0 unspecified atom stereocenters. The van der Waals surface area contributed by atoms with Gasteiger partial charge in [0.05, 0.1) is 29.9 Å². The number of nitrogens with zero attached hydrogens (tertiary/aromatic N) is 1. The molecule has 28 heavy (non-hydrogen) atoms. The molecule has 1 N–H and O–H groups in total. The largest absolute Gasteiger partial charge is 0.500 e. The molecule has 9 nitrogen and oxygen atoms in total. The van der Waals surface area contributed by atoms with Gasteiger partial charge in [-0.2, -0.15) is 0 Å². The molecule has 1 aromatic carbocycles. The van der Waals surface area contributed by atoms with Crippen molar-refractivity contribution < 1.29 is 27.7 Å². The van der Waals surface area contributed by atoms with Gasteiger partial charge in [-0.3, -0.25) is 10.1 Å². The maximum atomic E-state index is 11.4. The molecule has 0 saturated carbocycles. The van der Waals surface area contributed by atoms with E-state index in [1.54, 1.807) is 27.4 Å². The number of methoxy groups -OCH3 is 1. The van der Waals surface area contributed by atoms with E-state index in [-0.39, 0.29) is 12.3 Å². The first-order chi connectivity index (χ1) is 13.0. The first-order valence-corrected chi connectivity index (χ1v) is 10.5. The van der Waals surface area contributed by atoms with Crippen LogP contribution >= 0.6 is 0 Å². The van der Waals surface area contributed by atoms with Crippen LogP contribution in [0, 0.1) is 17.0 Å². The molecule has 0 atom stereocenters. The van der Waals surface area contributed by atoms with Gasteiger partial charge in [0.25, 0.3) is 5.69 Å². The van der Waals surface area contributed by atoms with Crippen LogP contribution in [0.4, 0.5) is 11.4 Å².